The molecule has 2 bridgehead atoms. The van der Waals surface area contributed by atoms with Crippen LogP contribution in [0.25, 0.3) is 0 Å². The van der Waals surface area contributed by atoms with Gasteiger partial charge in [0.2, 0.25) is 17.8 Å². The molecule has 35 heavy (non-hydrogen) atoms. The molecule has 3 aliphatic carbocycles. The molecule has 1 spiro atoms. The summed E-state index contributed by atoms with van der Waals surface area (Å²) < 4.78 is 20.1. The Labute approximate surface area is 203 Å². The second kappa shape index (κ2) is 7.87. The van der Waals surface area contributed by atoms with E-state index in [1.807, 2.05) is 19.0 Å². The first-order chi connectivity index (χ1) is 16.8. The maximum Gasteiger partial charge on any atom is 0.244 e. The third-order valence-electron chi connectivity index (χ3n) is 7.89. The minimum absolute atomic E-state index is 0.145. The molecule has 2 amide bonds. The Bertz CT molecular complexity index is 1200. The molecule has 2 aliphatic heterocycles. The monoisotopic (exact) mass is 480 g/mol. The van der Waals surface area contributed by atoms with E-state index in [9.17, 15) is 14.0 Å². The maximum atomic E-state index is 14.6. The first-order valence-electron chi connectivity index (χ1n) is 12.1. The van der Waals surface area contributed by atoms with Crippen molar-refractivity contribution in [2.45, 2.75) is 37.6 Å². The quantitative estimate of drug-likeness (QED) is 0.587. The number of hydrogen-bond acceptors (Lipinski definition) is 7. The van der Waals surface area contributed by atoms with E-state index in [1.165, 1.54) is 6.07 Å². The molecule has 0 unspecified atom stereocenters. The molecule has 1 atom stereocenters. The Balaban J connectivity index is 1.27. The molecule has 184 valence electrons. The molecule has 10 heteroatoms. The lowest BCUT2D eigenvalue weighted by Gasteiger charge is -2.67. The van der Waals surface area contributed by atoms with Crippen molar-refractivity contribution < 1.29 is 18.7 Å². The Morgan fingerprint density at radius 1 is 1.29 bits per heavy atom. The molecule has 3 saturated carbocycles. The fourth-order valence-electron chi connectivity index (χ4n) is 5.84. The molecule has 7 rings (SSSR count). The van der Waals surface area contributed by atoms with Gasteiger partial charge in [-0.25, -0.2) is 9.37 Å². The van der Waals surface area contributed by atoms with Gasteiger partial charge in [-0.05, 0) is 57.8 Å². The van der Waals surface area contributed by atoms with Crippen molar-refractivity contribution >= 4 is 29.3 Å². The number of anilines is 3. The Morgan fingerprint density at radius 2 is 2.09 bits per heavy atom. The molecular formula is C25H29FN6O3. The summed E-state index contributed by atoms with van der Waals surface area (Å²) in [7, 11) is 3.85. The predicted molar refractivity (Wildman–Crippen MR) is 127 cm³/mol. The van der Waals surface area contributed by atoms with Crippen LogP contribution in [0.1, 0.15) is 31.2 Å². The van der Waals surface area contributed by atoms with Crippen LogP contribution in [-0.4, -0.2) is 66.0 Å². The van der Waals surface area contributed by atoms with Crippen LogP contribution in [0.5, 0.6) is 5.75 Å². The molecule has 1 saturated heterocycles. The summed E-state index contributed by atoms with van der Waals surface area (Å²) in [6, 6.07) is 4.63. The topological polar surface area (TPSA) is 99.7 Å². The standard InChI is InChI=1S/C25H29FN6O3/c1-31(2)7-8-35-19-4-3-17(9-18(19)26)29-23-28-14-16-13-25(5-6-27-21(25)33)22(34)32(20(16)30-23)24-10-15(11-24)12-24/h3-4,9,14-15H,5-8,10-13H2,1-2H3,(H,27,33)(H,28,29,30)/t15?,24?,25-/m1/s1. The van der Waals surface area contributed by atoms with Gasteiger partial charge in [-0.1, -0.05) is 0 Å². The molecular weight excluding hydrogens is 451 g/mol. The summed E-state index contributed by atoms with van der Waals surface area (Å²) in [5.74, 6) is 0.863. The zero-order chi connectivity index (χ0) is 24.4. The number of fused-ring (bicyclic) bond motifs is 1. The van der Waals surface area contributed by atoms with Gasteiger partial charge < -0.3 is 20.3 Å². The van der Waals surface area contributed by atoms with Crippen LogP contribution in [0.3, 0.4) is 0 Å². The maximum absolute atomic E-state index is 14.6. The van der Waals surface area contributed by atoms with Crippen LogP contribution in [0.2, 0.25) is 0 Å². The lowest BCUT2D eigenvalue weighted by Crippen LogP contribution is -2.73. The van der Waals surface area contributed by atoms with Crippen LogP contribution < -0.4 is 20.3 Å². The molecule has 9 nitrogen and oxygen atoms in total. The van der Waals surface area contributed by atoms with Crippen molar-refractivity contribution in [2.75, 3.05) is 44.0 Å². The van der Waals surface area contributed by atoms with Gasteiger partial charge in [-0.2, -0.15) is 4.98 Å². The highest BCUT2D eigenvalue weighted by molar-refractivity contribution is 6.15. The number of ether oxygens (including phenoxy) is 1. The summed E-state index contributed by atoms with van der Waals surface area (Å²) in [6.07, 6.45) is 5.33. The Kier molecular flexibility index (Phi) is 5.00. The van der Waals surface area contributed by atoms with E-state index < -0.39 is 11.2 Å². The first kappa shape index (κ1) is 22.2. The number of hydrogen-bond donors (Lipinski definition) is 2. The molecule has 1 aromatic heterocycles. The number of nitrogens with one attached hydrogen (secondary N) is 2. The van der Waals surface area contributed by atoms with E-state index in [-0.39, 0.29) is 29.1 Å². The fourth-order valence-corrected chi connectivity index (χ4v) is 5.84. The summed E-state index contributed by atoms with van der Waals surface area (Å²) >= 11 is 0. The average molecular weight is 481 g/mol. The second-order valence-electron chi connectivity index (χ2n) is 10.6. The largest absolute Gasteiger partial charge is 0.489 e. The fraction of sp³-hybridized carbons (Fsp3) is 0.520. The van der Waals surface area contributed by atoms with E-state index in [1.54, 1.807) is 23.2 Å². The Hall–Kier alpha value is -3.27. The number of likely N-dealkylation sites (N-methyl/N-ethyl adjacent to an activating group) is 1. The number of carbonyl (C=O) groups is 2. The minimum Gasteiger partial charge on any atom is -0.489 e. The average Bonchev–Trinajstić information content (AvgIpc) is 3.11. The van der Waals surface area contributed by atoms with Gasteiger partial charge >= 0.3 is 0 Å². The normalized spacial score (nSPS) is 28.5. The number of nitrogens with zero attached hydrogens (tertiary/aromatic N) is 4. The summed E-state index contributed by atoms with van der Waals surface area (Å²) in [5, 5.41) is 5.91. The van der Waals surface area contributed by atoms with E-state index in [4.69, 9.17) is 9.72 Å². The van der Waals surface area contributed by atoms with Crippen LogP contribution >= 0.6 is 0 Å². The lowest BCUT2D eigenvalue weighted by molar-refractivity contribution is -0.144. The highest BCUT2D eigenvalue weighted by Crippen LogP contribution is 2.63. The first-order valence-corrected chi connectivity index (χ1v) is 12.1. The molecule has 5 aliphatic rings. The van der Waals surface area contributed by atoms with Crippen molar-refractivity contribution in [3.05, 3.63) is 35.8 Å². The van der Waals surface area contributed by atoms with E-state index >= 15 is 0 Å². The number of benzene rings is 1. The molecule has 2 aromatic rings. The second-order valence-corrected chi connectivity index (χ2v) is 10.6. The Morgan fingerprint density at radius 3 is 2.71 bits per heavy atom. The van der Waals surface area contributed by atoms with E-state index in [0.717, 1.165) is 24.8 Å². The van der Waals surface area contributed by atoms with Gasteiger partial charge in [0.05, 0.1) is 5.54 Å². The SMILES string of the molecule is CN(C)CCOc1ccc(Nc2ncc3c(n2)N(C24CC(C2)C4)C(=O)[C@]2(CCNC2=O)C3)cc1F. The zero-order valence-electron chi connectivity index (χ0n) is 19.9. The highest BCUT2D eigenvalue weighted by Gasteiger charge is 2.67. The van der Waals surface area contributed by atoms with E-state index in [2.05, 4.69) is 15.6 Å². The zero-order valence-corrected chi connectivity index (χ0v) is 19.9. The smallest absolute Gasteiger partial charge is 0.244 e. The summed E-state index contributed by atoms with van der Waals surface area (Å²) in [4.78, 5) is 39.5. The third-order valence-corrected chi connectivity index (χ3v) is 7.89. The molecule has 3 heterocycles. The number of amides is 2. The van der Waals surface area contributed by atoms with Crippen LogP contribution in [-0.2, 0) is 16.0 Å². The number of aromatic nitrogens is 2. The number of rotatable bonds is 7. The van der Waals surface area contributed by atoms with Gasteiger partial charge in [-0.15, -0.1) is 0 Å². The van der Waals surface area contributed by atoms with Gasteiger partial charge in [0.1, 0.15) is 17.8 Å². The highest BCUT2D eigenvalue weighted by atomic mass is 19.1. The molecule has 0 radical (unpaired) electrons. The molecule has 2 N–H and O–H groups in total. The summed E-state index contributed by atoms with van der Waals surface area (Å²) in [5.41, 5.74) is -0.0245. The number of halogens is 1. The van der Waals surface area contributed by atoms with Crippen molar-refractivity contribution in [3.8, 4) is 5.75 Å². The van der Waals surface area contributed by atoms with Gasteiger partial charge in [0.25, 0.3) is 0 Å². The van der Waals surface area contributed by atoms with Crippen molar-refractivity contribution in [1.82, 2.24) is 20.2 Å². The minimum atomic E-state index is -1.06. The summed E-state index contributed by atoms with van der Waals surface area (Å²) in [6.45, 7) is 1.57. The van der Waals surface area contributed by atoms with Gasteiger partial charge in [-0.3, -0.25) is 14.5 Å². The molecule has 1 aromatic carbocycles. The van der Waals surface area contributed by atoms with Crippen molar-refractivity contribution in [1.29, 1.82) is 0 Å². The van der Waals surface area contributed by atoms with Gasteiger partial charge in [0.15, 0.2) is 11.6 Å². The van der Waals surface area contributed by atoms with Gasteiger partial charge in [0, 0.05) is 43.0 Å². The van der Waals surface area contributed by atoms with Crippen molar-refractivity contribution in [3.63, 3.8) is 0 Å². The lowest BCUT2D eigenvalue weighted by atomic mass is 9.48. The van der Waals surface area contributed by atoms with E-state index in [0.29, 0.717) is 50.0 Å². The third kappa shape index (κ3) is 3.45. The van der Waals surface area contributed by atoms with Crippen molar-refractivity contribution in [2.24, 2.45) is 11.3 Å². The number of carbonyl (C=O) groups excluding carboxylic acids is 2. The molecule has 4 fully saturated rings. The van der Waals surface area contributed by atoms with Crippen LogP contribution in [0, 0.1) is 17.2 Å². The van der Waals surface area contributed by atoms with Crippen LogP contribution in [0.15, 0.2) is 24.4 Å². The van der Waals surface area contributed by atoms with Crippen LogP contribution in [0.4, 0.5) is 21.8 Å². The predicted octanol–water partition coefficient (Wildman–Crippen LogP) is 2.25.